The Labute approximate surface area is 174 Å². The molecule has 0 unspecified atom stereocenters. The highest BCUT2D eigenvalue weighted by molar-refractivity contribution is 6.10. The van der Waals surface area contributed by atoms with Crippen molar-refractivity contribution in [2.24, 2.45) is 0 Å². The first-order valence-corrected chi connectivity index (χ1v) is 9.70. The molecule has 0 radical (unpaired) electrons. The van der Waals surface area contributed by atoms with E-state index in [9.17, 15) is 14.4 Å². The lowest BCUT2D eigenvalue weighted by molar-refractivity contribution is -0.133. The summed E-state index contributed by atoms with van der Waals surface area (Å²) < 4.78 is 11.1. The van der Waals surface area contributed by atoms with Crippen LogP contribution in [0.2, 0.25) is 0 Å². The summed E-state index contributed by atoms with van der Waals surface area (Å²) in [4.78, 5) is 39.1. The molecule has 30 heavy (non-hydrogen) atoms. The number of hydrogen-bond donors (Lipinski definition) is 2. The summed E-state index contributed by atoms with van der Waals surface area (Å²) in [5.41, 5.74) is 1.88. The summed E-state index contributed by atoms with van der Waals surface area (Å²) in [6.07, 6.45) is 0. The van der Waals surface area contributed by atoms with Gasteiger partial charge >= 0.3 is 6.03 Å². The number of nitrogens with one attached hydrogen (secondary N) is 2. The van der Waals surface area contributed by atoms with Gasteiger partial charge in [-0.05, 0) is 55.7 Å². The lowest BCUT2D eigenvalue weighted by atomic mass is 9.91. The summed E-state index contributed by atoms with van der Waals surface area (Å²) in [7, 11) is 0. The monoisotopic (exact) mass is 409 g/mol. The maximum atomic E-state index is 13.1. The molecule has 1 saturated heterocycles. The number of nitrogens with zero attached hydrogens (tertiary/aromatic N) is 1. The number of anilines is 1. The molecule has 2 aliphatic rings. The number of fused-ring (bicyclic) bond motifs is 1. The van der Waals surface area contributed by atoms with Crippen LogP contribution in [0.1, 0.15) is 23.6 Å². The number of carbonyl (C=O) groups is 3. The van der Waals surface area contributed by atoms with Gasteiger partial charge in [-0.3, -0.25) is 14.5 Å². The molecule has 8 heteroatoms. The van der Waals surface area contributed by atoms with Crippen LogP contribution in [0.25, 0.3) is 0 Å². The fourth-order valence-corrected chi connectivity index (χ4v) is 3.61. The van der Waals surface area contributed by atoms with Crippen molar-refractivity contribution >= 4 is 23.5 Å². The smallest absolute Gasteiger partial charge is 0.325 e. The van der Waals surface area contributed by atoms with Gasteiger partial charge in [-0.15, -0.1) is 0 Å². The van der Waals surface area contributed by atoms with Crippen LogP contribution in [0, 0.1) is 13.8 Å². The Bertz CT molecular complexity index is 1050. The number of amides is 4. The maximum Gasteiger partial charge on any atom is 0.325 e. The van der Waals surface area contributed by atoms with Crippen LogP contribution >= 0.6 is 0 Å². The van der Waals surface area contributed by atoms with Crippen LogP contribution in [0.4, 0.5) is 10.5 Å². The van der Waals surface area contributed by atoms with Crippen molar-refractivity contribution in [2.45, 2.75) is 26.3 Å². The molecule has 0 aliphatic carbocycles. The number of ether oxygens (including phenoxy) is 2. The number of carbonyl (C=O) groups excluding carboxylic acids is 3. The molecule has 0 saturated carbocycles. The van der Waals surface area contributed by atoms with Crippen LogP contribution in [0.15, 0.2) is 36.4 Å². The van der Waals surface area contributed by atoms with Crippen molar-refractivity contribution < 1.29 is 23.9 Å². The maximum absolute atomic E-state index is 13.1. The zero-order valence-corrected chi connectivity index (χ0v) is 17.1. The first kappa shape index (κ1) is 19.8. The summed E-state index contributed by atoms with van der Waals surface area (Å²) in [6.45, 7) is 5.96. The van der Waals surface area contributed by atoms with Crippen LogP contribution < -0.4 is 20.1 Å². The molecule has 2 aliphatic heterocycles. The molecule has 0 aromatic heterocycles. The van der Waals surface area contributed by atoms with Crippen LogP contribution in [0.3, 0.4) is 0 Å². The van der Waals surface area contributed by atoms with E-state index < -0.39 is 23.4 Å². The quantitative estimate of drug-likeness (QED) is 0.757. The third-order valence-corrected chi connectivity index (χ3v) is 5.57. The Hall–Kier alpha value is -3.55. The van der Waals surface area contributed by atoms with E-state index in [1.807, 2.05) is 26.0 Å². The molecule has 2 aromatic rings. The average Bonchev–Trinajstić information content (AvgIpc) is 2.95. The lowest BCUT2D eigenvalue weighted by Crippen LogP contribution is -2.42. The Morgan fingerprint density at radius 3 is 2.63 bits per heavy atom. The van der Waals surface area contributed by atoms with Crippen LogP contribution in [0.5, 0.6) is 11.5 Å². The van der Waals surface area contributed by atoms with Crippen molar-refractivity contribution in [1.82, 2.24) is 10.2 Å². The Kier molecular flexibility index (Phi) is 4.85. The summed E-state index contributed by atoms with van der Waals surface area (Å²) in [6, 6.07) is 10.1. The van der Waals surface area contributed by atoms with Gasteiger partial charge in [0, 0.05) is 5.69 Å². The SMILES string of the molecule is Cc1cccc(NC(=O)CN2C(=O)N[C@](C)(c3ccc4c(c3)OCCO4)C2=O)c1C. The molecule has 2 N–H and O–H groups in total. The molecular formula is C22H23N3O5. The van der Waals surface area contributed by atoms with Gasteiger partial charge in [0.15, 0.2) is 11.5 Å². The number of aryl methyl sites for hydroxylation is 1. The van der Waals surface area contributed by atoms with Gasteiger partial charge < -0.3 is 20.1 Å². The molecule has 0 spiro atoms. The van der Waals surface area contributed by atoms with Crippen LogP contribution in [-0.4, -0.2) is 42.5 Å². The Morgan fingerprint density at radius 1 is 1.13 bits per heavy atom. The summed E-state index contributed by atoms with van der Waals surface area (Å²) >= 11 is 0. The van der Waals surface area contributed by atoms with E-state index in [4.69, 9.17) is 9.47 Å². The van der Waals surface area contributed by atoms with Crippen molar-refractivity contribution in [1.29, 1.82) is 0 Å². The van der Waals surface area contributed by atoms with Gasteiger partial charge in [0.05, 0.1) is 0 Å². The summed E-state index contributed by atoms with van der Waals surface area (Å²) in [5, 5.41) is 5.48. The van der Waals surface area contributed by atoms with E-state index in [2.05, 4.69) is 10.6 Å². The van der Waals surface area contributed by atoms with Crippen molar-refractivity contribution in [2.75, 3.05) is 25.1 Å². The van der Waals surface area contributed by atoms with Gasteiger partial charge in [0.2, 0.25) is 5.91 Å². The largest absolute Gasteiger partial charge is 0.486 e. The van der Waals surface area contributed by atoms with Gasteiger partial charge in [-0.25, -0.2) is 4.79 Å². The van der Waals surface area contributed by atoms with E-state index in [-0.39, 0.29) is 6.54 Å². The van der Waals surface area contributed by atoms with Crippen LogP contribution in [-0.2, 0) is 15.1 Å². The first-order valence-electron chi connectivity index (χ1n) is 9.70. The van der Waals surface area contributed by atoms with E-state index >= 15 is 0 Å². The number of benzene rings is 2. The standard InChI is InChI=1S/C22H23N3O5/c1-13-5-4-6-16(14(13)2)23-19(26)12-25-20(27)22(3,24-21(25)28)15-7-8-17-18(11-15)30-10-9-29-17/h4-8,11H,9-10,12H2,1-3H3,(H,23,26)(H,24,28)/t22-/m1/s1. The Balaban J connectivity index is 1.52. The molecule has 0 bridgehead atoms. The molecular weight excluding hydrogens is 386 g/mol. The molecule has 156 valence electrons. The number of hydrogen-bond acceptors (Lipinski definition) is 5. The van der Waals surface area contributed by atoms with Crippen molar-refractivity contribution in [3.05, 3.63) is 53.1 Å². The molecule has 2 heterocycles. The van der Waals surface area contributed by atoms with Gasteiger partial charge in [0.25, 0.3) is 5.91 Å². The molecule has 4 amide bonds. The number of rotatable bonds is 4. The second kappa shape index (κ2) is 7.37. The third kappa shape index (κ3) is 3.34. The highest BCUT2D eigenvalue weighted by Gasteiger charge is 2.49. The van der Waals surface area contributed by atoms with Crippen molar-refractivity contribution in [3.8, 4) is 11.5 Å². The number of imide groups is 1. The van der Waals surface area contributed by atoms with Gasteiger partial charge in [-0.2, -0.15) is 0 Å². The van der Waals surface area contributed by atoms with Crippen molar-refractivity contribution in [3.63, 3.8) is 0 Å². The average molecular weight is 409 g/mol. The fraction of sp³-hybridized carbons (Fsp3) is 0.318. The predicted octanol–water partition coefficient (Wildman–Crippen LogP) is 2.48. The number of urea groups is 1. The molecule has 1 atom stereocenters. The van der Waals surface area contributed by atoms with Gasteiger partial charge in [-0.1, -0.05) is 18.2 Å². The molecule has 2 aromatic carbocycles. The first-order chi connectivity index (χ1) is 14.3. The minimum absolute atomic E-state index is 0.377. The summed E-state index contributed by atoms with van der Waals surface area (Å²) in [5.74, 6) is 0.169. The zero-order valence-electron chi connectivity index (χ0n) is 17.1. The highest BCUT2D eigenvalue weighted by atomic mass is 16.6. The topological polar surface area (TPSA) is 97.0 Å². The Morgan fingerprint density at radius 2 is 1.87 bits per heavy atom. The second-order valence-corrected chi connectivity index (χ2v) is 7.60. The minimum Gasteiger partial charge on any atom is -0.486 e. The van der Waals surface area contributed by atoms with E-state index in [0.717, 1.165) is 16.0 Å². The zero-order chi connectivity index (χ0) is 21.5. The van der Waals surface area contributed by atoms with E-state index in [0.29, 0.717) is 36.0 Å². The molecule has 4 rings (SSSR count). The fourth-order valence-electron chi connectivity index (χ4n) is 3.61. The minimum atomic E-state index is -1.30. The predicted molar refractivity (Wildman–Crippen MR) is 110 cm³/mol. The van der Waals surface area contributed by atoms with E-state index in [1.165, 1.54) is 0 Å². The highest BCUT2D eigenvalue weighted by Crippen LogP contribution is 2.36. The van der Waals surface area contributed by atoms with Gasteiger partial charge in [0.1, 0.15) is 25.3 Å². The second-order valence-electron chi connectivity index (χ2n) is 7.60. The third-order valence-electron chi connectivity index (χ3n) is 5.57. The molecule has 1 fully saturated rings. The van der Waals surface area contributed by atoms with E-state index in [1.54, 1.807) is 31.2 Å². The molecule has 8 nitrogen and oxygen atoms in total. The normalized spacial score (nSPS) is 20.2. The lowest BCUT2D eigenvalue weighted by Gasteiger charge is -2.25.